The molecule has 6 heteroatoms. The standard InChI is InChI=1S/C24H26FN3O2/c1-24(2,3)19-10-18-13-27-28(23(30)22(18)20(25)12-19)14-15-4-6-16(7-5-15)17-8-9-26-21(29)11-17/h4-7,10,12-13,17H,8-9,11,14H2,1-3H3,(H,26,29). The van der Waals surface area contributed by atoms with Crippen LogP contribution in [0.15, 0.2) is 47.4 Å². The molecule has 1 aromatic heterocycles. The highest BCUT2D eigenvalue weighted by atomic mass is 19.1. The lowest BCUT2D eigenvalue weighted by atomic mass is 9.86. The smallest absolute Gasteiger partial charge is 0.277 e. The third-order valence-corrected chi connectivity index (χ3v) is 5.80. The molecule has 1 saturated heterocycles. The van der Waals surface area contributed by atoms with E-state index in [0.29, 0.717) is 18.4 Å². The minimum atomic E-state index is -0.510. The van der Waals surface area contributed by atoms with E-state index in [9.17, 15) is 14.0 Å². The summed E-state index contributed by atoms with van der Waals surface area (Å²) in [4.78, 5) is 24.5. The van der Waals surface area contributed by atoms with Crippen LogP contribution < -0.4 is 10.9 Å². The number of rotatable bonds is 3. The molecule has 1 amide bonds. The second-order valence-corrected chi connectivity index (χ2v) is 9.06. The number of fused-ring (bicyclic) bond motifs is 1. The van der Waals surface area contributed by atoms with E-state index in [0.717, 1.165) is 23.1 Å². The van der Waals surface area contributed by atoms with Crippen LogP contribution in [0.2, 0.25) is 0 Å². The van der Waals surface area contributed by atoms with Crippen molar-refractivity contribution in [3.8, 4) is 0 Å². The van der Waals surface area contributed by atoms with Crippen LogP contribution in [0.25, 0.3) is 10.8 Å². The molecule has 1 N–H and O–H groups in total. The minimum Gasteiger partial charge on any atom is -0.356 e. The van der Waals surface area contributed by atoms with Crippen molar-refractivity contribution in [1.82, 2.24) is 15.1 Å². The lowest BCUT2D eigenvalue weighted by Gasteiger charge is -2.22. The van der Waals surface area contributed by atoms with Crippen molar-refractivity contribution >= 4 is 16.7 Å². The molecule has 0 saturated carbocycles. The molecule has 1 aliphatic heterocycles. The van der Waals surface area contributed by atoms with Gasteiger partial charge in [0.2, 0.25) is 5.91 Å². The number of benzene rings is 2. The van der Waals surface area contributed by atoms with Crippen LogP contribution in [0.1, 0.15) is 56.2 Å². The summed E-state index contributed by atoms with van der Waals surface area (Å²) in [6.07, 6.45) is 2.98. The average molecular weight is 407 g/mol. The fourth-order valence-corrected chi connectivity index (χ4v) is 3.95. The number of hydrogen-bond donors (Lipinski definition) is 1. The first-order valence-electron chi connectivity index (χ1n) is 10.3. The van der Waals surface area contributed by atoms with Gasteiger partial charge in [0.25, 0.3) is 5.56 Å². The Kier molecular flexibility index (Phi) is 5.18. The fraction of sp³-hybridized carbons (Fsp3) is 0.375. The topological polar surface area (TPSA) is 64.0 Å². The van der Waals surface area contributed by atoms with E-state index in [1.807, 2.05) is 51.1 Å². The SMILES string of the molecule is CC(C)(C)c1cc(F)c2c(=O)n(Cc3ccc(C4CCNC(=O)C4)cc3)ncc2c1. The molecule has 0 spiro atoms. The second-order valence-electron chi connectivity index (χ2n) is 9.06. The van der Waals surface area contributed by atoms with E-state index in [1.54, 1.807) is 6.20 Å². The van der Waals surface area contributed by atoms with Gasteiger partial charge in [0.1, 0.15) is 5.82 Å². The molecule has 0 radical (unpaired) electrons. The molecule has 0 bridgehead atoms. The molecule has 1 atom stereocenters. The summed E-state index contributed by atoms with van der Waals surface area (Å²) in [6.45, 7) is 6.98. The largest absolute Gasteiger partial charge is 0.356 e. The van der Waals surface area contributed by atoms with Gasteiger partial charge >= 0.3 is 0 Å². The lowest BCUT2D eigenvalue weighted by Crippen LogP contribution is -2.32. The number of piperidine rings is 1. The average Bonchev–Trinajstić information content (AvgIpc) is 2.69. The molecule has 2 aromatic carbocycles. The summed E-state index contributed by atoms with van der Waals surface area (Å²) < 4.78 is 16.1. The molecular weight excluding hydrogens is 381 g/mol. The summed E-state index contributed by atoms with van der Waals surface area (Å²) in [6, 6.07) is 11.2. The van der Waals surface area contributed by atoms with Gasteiger partial charge in [0.15, 0.2) is 0 Å². The maximum atomic E-state index is 14.8. The number of nitrogens with zero attached hydrogens (tertiary/aromatic N) is 2. The lowest BCUT2D eigenvalue weighted by molar-refractivity contribution is -0.122. The highest BCUT2D eigenvalue weighted by molar-refractivity contribution is 5.82. The van der Waals surface area contributed by atoms with Gasteiger partial charge in [-0.05, 0) is 46.6 Å². The first kappa shape index (κ1) is 20.3. The summed E-state index contributed by atoms with van der Waals surface area (Å²) in [5.41, 5.74) is 2.20. The van der Waals surface area contributed by atoms with Crippen LogP contribution in [0.3, 0.4) is 0 Å². The number of halogens is 1. The van der Waals surface area contributed by atoms with Crippen LogP contribution in [0, 0.1) is 5.82 Å². The Labute approximate surface area is 174 Å². The van der Waals surface area contributed by atoms with E-state index in [-0.39, 0.29) is 29.2 Å². The minimum absolute atomic E-state index is 0.0721. The fourth-order valence-electron chi connectivity index (χ4n) is 3.95. The normalized spacial score (nSPS) is 17.2. The molecule has 1 fully saturated rings. The van der Waals surface area contributed by atoms with E-state index in [2.05, 4.69) is 10.4 Å². The monoisotopic (exact) mass is 407 g/mol. The van der Waals surface area contributed by atoms with Crippen molar-refractivity contribution in [2.75, 3.05) is 6.54 Å². The van der Waals surface area contributed by atoms with Crippen molar-refractivity contribution < 1.29 is 9.18 Å². The van der Waals surface area contributed by atoms with Gasteiger partial charge < -0.3 is 5.32 Å². The molecule has 1 unspecified atom stereocenters. The predicted molar refractivity (Wildman–Crippen MR) is 115 cm³/mol. The molecule has 5 nitrogen and oxygen atoms in total. The molecule has 1 aliphatic rings. The second kappa shape index (κ2) is 7.67. The molecule has 30 heavy (non-hydrogen) atoms. The van der Waals surface area contributed by atoms with E-state index in [1.165, 1.54) is 10.7 Å². The highest BCUT2D eigenvalue weighted by Crippen LogP contribution is 2.27. The number of amides is 1. The van der Waals surface area contributed by atoms with Gasteiger partial charge in [-0.3, -0.25) is 9.59 Å². The molecule has 3 aromatic rings. The zero-order chi connectivity index (χ0) is 21.5. The van der Waals surface area contributed by atoms with Crippen molar-refractivity contribution in [2.45, 2.75) is 51.5 Å². The first-order chi connectivity index (χ1) is 14.2. The third kappa shape index (κ3) is 3.99. The van der Waals surface area contributed by atoms with Crippen LogP contribution in [0.5, 0.6) is 0 Å². The van der Waals surface area contributed by atoms with Crippen LogP contribution in [-0.2, 0) is 16.8 Å². The van der Waals surface area contributed by atoms with Crippen LogP contribution in [0.4, 0.5) is 4.39 Å². The predicted octanol–water partition coefficient (Wildman–Crippen LogP) is 3.88. The first-order valence-corrected chi connectivity index (χ1v) is 10.3. The Hall–Kier alpha value is -3.02. The Morgan fingerprint density at radius 2 is 1.90 bits per heavy atom. The summed E-state index contributed by atoms with van der Waals surface area (Å²) in [5, 5.41) is 7.71. The van der Waals surface area contributed by atoms with E-state index >= 15 is 0 Å². The Morgan fingerprint density at radius 1 is 1.17 bits per heavy atom. The Bertz CT molecular complexity index is 1160. The van der Waals surface area contributed by atoms with Crippen molar-refractivity contribution in [1.29, 1.82) is 0 Å². The molecule has 4 rings (SSSR count). The number of carbonyl (C=O) groups is 1. The molecule has 2 heterocycles. The van der Waals surface area contributed by atoms with E-state index < -0.39 is 11.4 Å². The summed E-state index contributed by atoms with van der Waals surface area (Å²) >= 11 is 0. The third-order valence-electron chi connectivity index (χ3n) is 5.80. The van der Waals surface area contributed by atoms with E-state index in [4.69, 9.17) is 0 Å². The summed E-state index contributed by atoms with van der Waals surface area (Å²) in [5.74, 6) is -0.205. The van der Waals surface area contributed by atoms with Crippen molar-refractivity contribution in [3.05, 3.63) is 75.5 Å². The van der Waals surface area contributed by atoms with Gasteiger partial charge in [-0.15, -0.1) is 0 Å². The quantitative estimate of drug-likeness (QED) is 0.717. The van der Waals surface area contributed by atoms with Gasteiger partial charge in [0, 0.05) is 18.4 Å². The van der Waals surface area contributed by atoms with Crippen molar-refractivity contribution in [2.24, 2.45) is 0 Å². The Morgan fingerprint density at radius 3 is 2.57 bits per heavy atom. The van der Waals surface area contributed by atoms with Gasteiger partial charge in [-0.2, -0.15) is 5.10 Å². The Balaban J connectivity index is 1.61. The highest BCUT2D eigenvalue weighted by Gasteiger charge is 2.21. The van der Waals surface area contributed by atoms with Gasteiger partial charge in [0.05, 0.1) is 18.1 Å². The number of hydrogen-bond acceptors (Lipinski definition) is 3. The zero-order valence-electron chi connectivity index (χ0n) is 17.5. The summed E-state index contributed by atoms with van der Waals surface area (Å²) in [7, 11) is 0. The zero-order valence-corrected chi connectivity index (χ0v) is 17.5. The van der Waals surface area contributed by atoms with Crippen LogP contribution in [-0.4, -0.2) is 22.2 Å². The van der Waals surface area contributed by atoms with Crippen molar-refractivity contribution in [3.63, 3.8) is 0 Å². The van der Waals surface area contributed by atoms with Gasteiger partial charge in [-0.1, -0.05) is 45.0 Å². The van der Waals surface area contributed by atoms with Crippen LogP contribution >= 0.6 is 0 Å². The maximum absolute atomic E-state index is 14.8. The molecule has 0 aliphatic carbocycles. The number of carbonyl (C=O) groups excluding carboxylic acids is 1. The number of nitrogens with one attached hydrogen (secondary N) is 1. The maximum Gasteiger partial charge on any atom is 0.277 e. The molecule has 156 valence electrons. The molecular formula is C24H26FN3O2. The van der Waals surface area contributed by atoms with Gasteiger partial charge in [-0.25, -0.2) is 9.07 Å². The number of aromatic nitrogens is 2.